The van der Waals surface area contributed by atoms with Gasteiger partial charge in [-0.1, -0.05) is 36.4 Å². The third-order valence-electron chi connectivity index (χ3n) is 6.75. The summed E-state index contributed by atoms with van der Waals surface area (Å²) in [7, 11) is 6.28. The first-order valence-corrected chi connectivity index (χ1v) is 10.8. The van der Waals surface area contributed by atoms with Crippen molar-refractivity contribution in [2.75, 3.05) is 47.3 Å². The lowest BCUT2D eigenvalue weighted by Gasteiger charge is -2.47. The van der Waals surface area contributed by atoms with E-state index in [1.165, 1.54) is 5.56 Å². The molecule has 0 bridgehead atoms. The fourth-order valence-corrected chi connectivity index (χ4v) is 4.68. The second kappa shape index (κ2) is 8.62. The SMILES string of the molecule is CN(CCN1CCC(c2ccccc2)(N(C)C)CC1)C(=O)c1ccc2cc[nH]c2c1. The Kier molecular flexibility index (Phi) is 5.93. The van der Waals surface area contributed by atoms with Crippen LogP contribution in [0.3, 0.4) is 0 Å². The zero-order valence-corrected chi connectivity index (χ0v) is 18.3. The van der Waals surface area contributed by atoms with Crippen LogP contribution < -0.4 is 0 Å². The number of piperidine rings is 1. The summed E-state index contributed by atoms with van der Waals surface area (Å²) in [6.45, 7) is 3.74. The van der Waals surface area contributed by atoms with Crippen molar-refractivity contribution in [1.82, 2.24) is 19.7 Å². The number of hydrogen-bond donors (Lipinski definition) is 1. The molecule has 2 heterocycles. The normalized spacial score (nSPS) is 16.8. The summed E-state index contributed by atoms with van der Waals surface area (Å²) in [6, 6.07) is 18.8. The Morgan fingerprint density at radius 1 is 1.03 bits per heavy atom. The molecular weight excluding hydrogens is 372 g/mol. The molecule has 1 aliphatic heterocycles. The van der Waals surface area contributed by atoms with E-state index in [1.807, 2.05) is 42.4 Å². The molecule has 1 amide bonds. The van der Waals surface area contributed by atoms with Gasteiger partial charge in [-0.3, -0.25) is 9.69 Å². The molecule has 0 aliphatic carbocycles. The predicted octanol–water partition coefficient (Wildman–Crippen LogP) is 3.79. The van der Waals surface area contributed by atoms with Gasteiger partial charge in [-0.2, -0.15) is 0 Å². The van der Waals surface area contributed by atoms with Gasteiger partial charge in [0.1, 0.15) is 0 Å². The first-order valence-electron chi connectivity index (χ1n) is 10.8. The summed E-state index contributed by atoms with van der Waals surface area (Å²) in [5.74, 6) is 0.0791. The highest BCUT2D eigenvalue weighted by Crippen LogP contribution is 2.37. The third kappa shape index (κ3) is 4.00. The molecule has 1 aliphatic rings. The average Bonchev–Trinajstić information content (AvgIpc) is 3.25. The monoisotopic (exact) mass is 404 g/mol. The molecular formula is C25H32N4O. The molecule has 5 nitrogen and oxygen atoms in total. The van der Waals surface area contributed by atoms with E-state index in [0.29, 0.717) is 0 Å². The number of likely N-dealkylation sites (tertiary alicyclic amines) is 1. The van der Waals surface area contributed by atoms with Crippen molar-refractivity contribution in [3.8, 4) is 0 Å². The number of likely N-dealkylation sites (N-methyl/N-ethyl adjacent to an activating group) is 1. The van der Waals surface area contributed by atoms with Crippen molar-refractivity contribution in [2.24, 2.45) is 0 Å². The standard InChI is InChI=1S/C25H32N4O/c1-27(2)25(22-7-5-4-6-8-22)12-15-29(16-13-25)18-17-28(3)24(30)21-10-9-20-11-14-26-23(20)19-21/h4-11,14,19,26H,12-13,15-18H2,1-3H3. The summed E-state index contributed by atoms with van der Waals surface area (Å²) < 4.78 is 0. The number of amides is 1. The molecule has 0 saturated carbocycles. The van der Waals surface area contributed by atoms with Crippen LogP contribution in [0.4, 0.5) is 0 Å². The second-order valence-electron chi connectivity index (χ2n) is 8.64. The maximum atomic E-state index is 12.8. The van der Waals surface area contributed by atoms with Crippen LogP contribution in [-0.2, 0) is 5.54 Å². The largest absolute Gasteiger partial charge is 0.361 e. The van der Waals surface area contributed by atoms with Crippen molar-refractivity contribution in [3.63, 3.8) is 0 Å². The number of hydrogen-bond acceptors (Lipinski definition) is 3. The average molecular weight is 405 g/mol. The Balaban J connectivity index is 1.34. The molecule has 2 aromatic carbocycles. The van der Waals surface area contributed by atoms with Gasteiger partial charge in [0.25, 0.3) is 5.91 Å². The maximum Gasteiger partial charge on any atom is 0.253 e. The number of aromatic amines is 1. The van der Waals surface area contributed by atoms with Gasteiger partial charge in [-0.05, 0) is 56.1 Å². The van der Waals surface area contributed by atoms with Crippen molar-refractivity contribution in [3.05, 3.63) is 71.9 Å². The lowest BCUT2D eigenvalue weighted by Crippen LogP contribution is -2.51. The van der Waals surface area contributed by atoms with Gasteiger partial charge in [0.15, 0.2) is 0 Å². The van der Waals surface area contributed by atoms with Crippen LogP contribution in [0.25, 0.3) is 10.9 Å². The van der Waals surface area contributed by atoms with Gasteiger partial charge in [-0.25, -0.2) is 0 Å². The summed E-state index contributed by atoms with van der Waals surface area (Å²) in [5.41, 5.74) is 3.25. The van der Waals surface area contributed by atoms with Gasteiger partial charge in [-0.15, -0.1) is 0 Å². The molecule has 4 rings (SSSR count). The van der Waals surface area contributed by atoms with E-state index in [4.69, 9.17) is 0 Å². The van der Waals surface area contributed by atoms with E-state index in [1.54, 1.807) is 0 Å². The van der Waals surface area contributed by atoms with E-state index in [9.17, 15) is 4.79 Å². The van der Waals surface area contributed by atoms with Crippen LogP contribution in [-0.4, -0.2) is 72.9 Å². The third-order valence-corrected chi connectivity index (χ3v) is 6.75. The van der Waals surface area contributed by atoms with Crippen molar-refractivity contribution < 1.29 is 4.79 Å². The van der Waals surface area contributed by atoms with Crippen LogP contribution in [0, 0.1) is 0 Å². The molecule has 5 heteroatoms. The van der Waals surface area contributed by atoms with E-state index >= 15 is 0 Å². The molecule has 1 N–H and O–H groups in total. The van der Waals surface area contributed by atoms with Crippen LogP contribution in [0.15, 0.2) is 60.8 Å². The van der Waals surface area contributed by atoms with E-state index < -0.39 is 0 Å². The minimum atomic E-state index is 0.0791. The molecule has 0 atom stereocenters. The molecule has 3 aromatic rings. The number of aromatic nitrogens is 1. The number of H-pyrrole nitrogens is 1. The van der Waals surface area contributed by atoms with Crippen LogP contribution >= 0.6 is 0 Å². The van der Waals surface area contributed by atoms with E-state index in [-0.39, 0.29) is 11.4 Å². The molecule has 0 radical (unpaired) electrons. The topological polar surface area (TPSA) is 42.6 Å². The summed E-state index contributed by atoms with van der Waals surface area (Å²) in [6.07, 6.45) is 4.11. The Bertz CT molecular complexity index is 987. The first kappa shape index (κ1) is 20.6. The van der Waals surface area contributed by atoms with E-state index in [2.05, 4.69) is 59.2 Å². The van der Waals surface area contributed by atoms with Gasteiger partial charge in [0, 0.05) is 56.0 Å². The number of nitrogens with zero attached hydrogens (tertiary/aromatic N) is 3. The Hall–Kier alpha value is -2.63. The fourth-order valence-electron chi connectivity index (χ4n) is 4.68. The lowest BCUT2D eigenvalue weighted by atomic mass is 9.80. The number of rotatable bonds is 6. The minimum Gasteiger partial charge on any atom is -0.361 e. The van der Waals surface area contributed by atoms with Crippen molar-refractivity contribution in [1.29, 1.82) is 0 Å². The number of nitrogens with one attached hydrogen (secondary N) is 1. The number of benzene rings is 2. The quantitative estimate of drug-likeness (QED) is 0.680. The summed E-state index contributed by atoms with van der Waals surface area (Å²) in [5, 5.41) is 1.13. The maximum absolute atomic E-state index is 12.8. The van der Waals surface area contributed by atoms with E-state index in [0.717, 1.165) is 55.5 Å². The van der Waals surface area contributed by atoms with Crippen LogP contribution in [0.2, 0.25) is 0 Å². The molecule has 1 aromatic heterocycles. The van der Waals surface area contributed by atoms with Crippen LogP contribution in [0.1, 0.15) is 28.8 Å². The molecule has 0 spiro atoms. The number of carbonyl (C=O) groups is 1. The number of fused-ring (bicyclic) bond motifs is 1. The Labute approximate surface area is 179 Å². The summed E-state index contributed by atoms with van der Waals surface area (Å²) in [4.78, 5) is 22.7. The Morgan fingerprint density at radius 2 is 1.77 bits per heavy atom. The predicted molar refractivity (Wildman–Crippen MR) is 123 cm³/mol. The number of carbonyl (C=O) groups excluding carboxylic acids is 1. The molecule has 0 unspecified atom stereocenters. The highest BCUT2D eigenvalue weighted by Gasteiger charge is 2.37. The fraction of sp³-hybridized carbons (Fsp3) is 0.400. The molecule has 1 fully saturated rings. The molecule has 1 saturated heterocycles. The van der Waals surface area contributed by atoms with Gasteiger partial charge in [0.2, 0.25) is 0 Å². The lowest BCUT2D eigenvalue weighted by molar-refractivity contribution is 0.0486. The van der Waals surface area contributed by atoms with Gasteiger partial charge < -0.3 is 14.8 Å². The van der Waals surface area contributed by atoms with Crippen molar-refractivity contribution in [2.45, 2.75) is 18.4 Å². The highest BCUT2D eigenvalue weighted by atomic mass is 16.2. The highest BCUT2D eigenvalue weighted by molar-refractivity contribution is 5.97. The zero-order chi connectivity index (χ0) is 21.1. The Morgan fingerprint density at radius 3 is 2.47 bits per heavy atom. The van der Waals surface area contributed by atoms with Crippen molar-refractivity contribution >= 4 is 16.8 Å². The molecule has 158 valence electrons. The smallest absolute Gasteiger partial charge is 0.253 e. The van der Waals surface area contributed by atoms with Crippen LogP contribution in [0.5, 0.6) is 0 Å². The second-order valence-corrected chi connectivity index (χ2v) is 8.64. The summed E-state index contributed by atoms with van der Waals surface area (Å²) >= 11 is 0. The first-order chi connectivity index (χ1) is 14.5. The zero-order valence-electron chi connectivity index (χ0n) is 18.3. The van der Waals surface area contributed by atoms with Gasteiger partial charge >= 0.3 is 0 Å². The minimum absolute atomic E-state index is 0.0791. The van der Waals surface area contributed by atoms with Gasteiger partial charge in [0.05, 0.1) is 0 Å². The molecule has 30 heavy (non-hydrogen) atoms.